The molecule has 1 aromatic carbocycles. The monoisotopic (exact) mass is 270 g/mol. The number of halogens is 2. The maximum absolute atomic E-state index is 13.2. The molecule has 0 amide bonds. The zero-order valence-electron chi connectivity index (χ0n) is 8.30. The quantitative estimate of drug-likeness (QED) is 0.744. The highest BCUT2D eigenvalue weighted by atomic mass is 79.9. The number of carbonyl (C=O) groups is 1. The third-order valence-corrected chi connectivity index (χ3v) is 3.57. The van der Waals surface area contributed by atoms with Crippen LogP contribution in [0.4, 0.5) is 4.39 Å². The lowest BCUT2D eigenvalue weighted by Gasteiger charge is -2.07. The molecule has 0 radical (unpaired) electrons. The van der Waals surface area contributed by atoms with Gasteiger partial charge in [-0.05, 0) is 40.9 Å². The summed E-state index contributed by atoms with van der Waals surface area (Å²) in [7, 11) is 0. The highest BCUT2D eigenvalue weighted by Gasteiger charge is 2.24. The second-order valence-corrected chi connectivity index (χ2v) is 4.83. The van der Waals surface area contributed by atoms with Crippen LogP contribution in [0.1, 0.15) is 36.0 Å². The van der Waals surface area contributed by atoms with E-state index in [0.29, 0.717) is 10.0 Å². The summed E-state index contributed by atoms with van der Waals surface area (Å²) >= 11 is 3.08. The highest BCUT2D eigenvalue weighted by Crippen LogP contribution is 2.28. The number of hydrogen-bond donors (Lipinski definition) is 0. The van der Waals surface area contributed by atoms with Crippen LogP contribution in [0.5, 0.6) is 0 Å². The van der Waals surface area contributed by atoms with Crippen LogP contribution in [-0.2, 0) is 0 Å². The van der Waals surface area contributed by atoms with Gasteiger partial charge in [-0.1, -0.05) is 18.9 Å². The molecule has 0 spiro atoms. The van der Waals surface area contributed by atoms with Crippen molar-refractivity contribution in [3.8, 4) is 0 Å². The normalized spacial score (nSPS) is 16.9. The van der Waals surface area contributed by atoms with Crippen molar-refractivity contribution in [1.29, 1.82) is 0 Å². The molecule has 0 atom stereocenters. The van der Waals surface area contributed by atoms with Gasteiger partial charge in [0, 0.05) is 11.5 Å². The van der Waals surface area contributed by atoms with Gasteiger partial charge in [-0.2, -0.15) is 0 Å². The molecule has 0 bridgehead atoms. The van der Waals surface area contributed by atoms with E-state index in [0.717, 1.165) is 25.7 Å². The Morgan fingerprint density at radius 2 is 2.00 bits per heavy atom. The van der Waals surface area contributed by atoms with E-state index in [-0.39, 0.29) is 17.5 Å². The molecular weight excluding hydrogens is 259 g/mol. The van der Waals surface area contributed by atoms with Crippen LogP contribution >= 0.6 is 15.9 Å². The molecule has 1 nitrogen and oxygen atoms in total. The summed E-state index contributed by atoms with van der Waals surface area (Å²) in [5.41, 5.74) is 0.502. The van der Waals surface area contributed by atoms with Gasteiger partial charge in [0.2, 0.25) is 0 Å². The summed E-state index contributed by atoms with van der Waals surface area (Å²) in [6, 6.07) is 4.61. The summed E-state index contributed by atoms with van der Waals surface area (Å²) in [5, 5.41) is 0. The minimum atomic E-state index is -0.362. The van der Waals surface area contributed by atoms with E-state index in [1.165, 1.54) is 6.07 Å². The molecule has 0 aromatic heterocycles. The Balaban J connectivity index is 2.21. The first-order chi connectivity index (χ1) is 7.18. The van der Waals surface area contributed by atoms with Crippen molar-refractivity contribution >= 4 is 21.7 Å². The first-order valence-electron chi connectivity index (χ1n) is 5.18. The zero-order valence-corrected chi connectivity index (χ0v) is 9.89. The number of rotatable bonds is 2. The molecule has 0 aliphatic heterocycles. The van der Waals surface area contributed by atoms with Crippen molar-refractivity contribution < 1.29 is 9.18 Å². The van der Waals surface area contributed by atoms with E-state index in [4.69, 9.17) is 0 Å². The van der Waals surface area contributed by atoms with Gasteiger partial charge >= 0.3 is 0 Å². The van der Waals surface area contributed by atoms with Crippen molar-refractivity contribution in [2.24, 2.45) is 5.92 Å². The van der Waals surface area contributed by atoms with Crippen molar-refractivity contribution in [2.45, 2.75) is 25.7 Å². The Morgan fingerprint density at radius 1 is 1.33 bits per heavy atom. The first kappa shape index (κ1) is 10.8. The summed E-state index contributed by atoms with van der Waals surface area (Å²) in [6.07, 6.45) is 4.15. The molecule has 3 heteroatoms. The van der Waals surface area contributed by atoms with Crippen molar-refractivity contribution in [2.75, 3.05) is 0 Å². The van der Waals surface area contributed by atoms with Gasteiger partial charge in [0.05, 0.1) is 4.47 Å². The van der Waals surface area contributed by atoms with E-state index in [1.54, 1.807) is 12.1 Å². The number of carbonyl (C=O) groups excluding carboxylic acids is 1. The average molecular weight is 271 g/mol. The molecule has 1 aliphatic rings. The Bertz CT molecular complexity index is 383. The fraction of sp³-hybridized carbons (Fsp3) is 0.417. The molecule has 0 unspecified atom stereocenters. The Hall–Kier alpha value is -0.700. The van der Waals surface area contributed by atoms with Crippen molar-refractivity contribution in [3.63, 3.8) is 0 Å². The van der Waals surface area contributed by atoms with E-state index in [9.17, 15) is 9.18 Å². The largest absolute Gasteiger partial charge is 0.294 e. The molecular formula is C12H12BrFO. The van der Waals surface area contributed by atoms with E-state index in [1.807, 2.05) is 0 Å². The first-order valence-corrected chi connectivity index (χ1v) is 5.97. The molecule has 0 N–H and O–H groups in total. The Kier molecular flexibility index (Phi) is 3.19. The van der Waals surface area contributed by atoms with Crippen LogP contribution in [0, 0.1) is 11.7 Å². The Morgan fingerprint density at radius 3 is 2.60 bits per heavy atom. The van der Waals surface area contributed by atoms with Crippen LogP contribution in [0.2, 0.25) is 0 Å². The standard InChI is InChI=1S/C12H12BrFO/c13-10-6-5-9(7-11(10)14)12(15)8-3-1-2-4-8/h5-8H,1-4H2. The number of benzene rings is 1. The number of Topliss-reactive ketones (excluding diaryl/α,β-unsaturated/α-hetero) is 1. The van der Waals surface area contributed by atoms with E-state index >= 15 is 0 Å². The fourth-order valence-electron chi connectivity index (χ4n) is 2.07. The van der Waals surface area contributed by atoms with E-state index in [2.05, 4.69) is 15.9 Å². The van der Waals surface area contributed by atoms with Gasteiger partial charge in [-0.25, -0.2) is 4.39 Å². The summed E-state index contributed by atoms with van der Waals surface area (Å²) in [5.74, 6) is -0.150. The van der Waals surface area contributed by atoms with E-state index < -0.39 is 0 Å². The predicted octanol–water partition coefficient (Wildman–Crippen LogP) is 3.96. The third-order valence-electron chi connectivity index (χ3n) is 2.93. The van der Waals surface area contributed by atoms with Crippen molar-refractivity contribution in [3.05, 3.63) is 34.1 Å². The molecule has 1 aromatic rings. The van der Waals surface area contributed by atoms with Crippen LogP contribution in [-0.4, -0.2) is 5.78 Å². The highest BCUT2D eigenvalue weighted by molar-refractivity contribution is 9.10. The molecule has 80 valence electrons. The summed E-state index contributed by atoms with van der Waals surface area (Å²) in [6.45, 7) is 0. The van der Waals surface area contributed by atoms with Gasteiger partial charge < -0.3 is 0 Å². The van der Waals surface area contributed by atoms with Crippen LogP contribution < -0.4 is 0 Å². The molecule has 1 saturated carbocycles. The maximum atomic E-state index is 13.2. The molecule has 2 rings (SSSR count). The smallest absolute Gasteiger partial charge is 0.166 e. The van der Waals surface area contributed by atoms with Gasteiger partial charge in [0.15, 0.2) is 5.78 Å². The van der Waals surface area contributed by atoms with Crippen LogP contribution in [0.15, 0.2) is 22.7 Å². The number of ketones is 1. The van der Waals surface area contributed by atoms with Crippen molar-refractivity contribution in [1.82, 2.24) is 0 Å². The molecule has 15 heavy (non-hydrogen) atoms. The average Bonchev–Trinajstić information content (AvgIpc) is 2.74. The molecule has 0 heterocycles. The van der Waals surface area contributed by atoms with Gasteiger partial charge in [0.25, 0.3) is 0 Å². The molecule has 1 aliphatic carbocycles. The topological polar surface area (TPSA) is 17.1 Å². The summed E-state index contributed by atoms with van der Waals surface area (Å²) in [4.78, 5) is 11.9. The predicted molar refractivity (Wildman–Crippen MR) is 60.4 cm³/mol. The molecule has 1 fully saturated rings. The van der Waals surface area contributed by atoms with Crippen LogP contribution in [0.25, 0.3) is 0 Å². The SMILES string of the molecule is O=C(c1ccc(Br)c(F)c1)C1CCCC1. The Labute approximate surface area is 96.8 Å². The molecule has 0 saturated heterocycles. The lowest BCUT2D eigenvalue weighted by Crippen LogP contribution is -2.11. The number of hydrogen-bond acceptors (Lipinski definition) is 1. The van der Waals surface area contributed by atoms with Gasteiger partial charge in [0.1, 0.15) is 5.82 Å². The lowest BCUT2D eigenvalue weighted by atomic mass is 9.96. The van der Waals surface area contributed by atoms with Gasteiger partial charge in [-0.3, -0.25) is 4.79 Å². The lowest BCUT2D eigenvalue weighted by molar-refractivity contribution is 0.0922. The van der Waals surface area contributed by atoms with Crippen LogP contribution in [0.3, 0.4) is 0 Å². The fourth-order valence-corrected chi connectivity index (χ4v) is 2.32. The zero-order chi connectivity index (χ0) is 10.8. The minimum Gasteiger partial charge on any atom is -0.294 e. The second-order valence-electron chi connectivity index (χ2n) is 3.97. The second kappa shape index (κ2) is 4.44. The maximum Gasteiger partial charge on any atom is 0.166 e. The van der Waals surface area contributed by atoms with Gasteiger partial charge in [-0.15, -0.1) is 0 Å². The third kappa shape index (κ3) is 2.28. The summed E-state index contributed by atoms with van der Waals surface area (Å²) < 4.78 is 13.6. The minimum absolute atomic E-state index is 0.0962.